The third-order valence-corrected chi connectivity index (χ3v) is 1.34. The highest BCUT2D eigenvalue weighted by molar-refractivity contribution is 4.56. The Kier molecular flexibility index (Phi) is 5.24. The normalized spacial score (nSPS) is 17.3. The summed E-state index contributed by atoms with van der Waals surface area (Å²) in [4.78, 5) is 3.56. The molecule has 0 N–H and O–H groups in total. The van der Waals surface area contributed by atoms with Crippen molar-refractivity contribution in [3.8, 4) is 0 Å². The molecule has 1 fully saturated rings. The number of hydrogen-bond donors (Lipinski definition) is 0. The lowest BCUT2D eigenvalue weighted by molar-refractivity contribution is -0.0318. The van der Waals surface area contributed by atoms with E-state index >= 15 is 0 Å². The van der Waals surface area contributed by atoms with Crippen LogP contribution in [-0.2, 0) is 9.47 Å². The second-order valence-corrected chi connectivity index (χ2v) is 2.32. The fourth-order valence-electron chi connectivity index (χ4n) is 0.761. The Hall–Kier alpha value is -0.870. The summed E-state index contributed by atoms with van der Waals surface area (Å²) in [6.07, 6.45) is 6.78. The first kappa shape index (κ1) is 9.22. The second-order valence-electron chi connectivity index (χ2n) is 2.32. The molecule has 0 aromatic carbocycles. The first-order valence-electron chi connectivity index (χ1n) is 3.98. The molecule has 0 bridgehead atoms. The van der Waals surface area contributed by atoms with Crippen molar-refractivity contribution in [3.63, 3.8) is 0 Å². The van der Waals surface area contributed by atoms with Crippen LogP contribution in [0.5, 0.6) is 0 Å². The molecule has 0 spiro atoms. The smallest absolute Gasteiger partial charge is 0.180 e. The number of rotatable bonds is 0. The van der Waals surface area contributed by atoms with Crippen molar-refractivity contribution in [1.82, 2.24) is 4.98 Å². The van der Waals surface area contributed by atoms with Crippen LogP contribution in [0.2, 0.25) is 0 Å². The van der Waals surface area contributed by atoms with Crippen LogP contribution in [0.15, 0.2) is 23.3 Å². The highest BCUT2D eigenvalue weighted by Gasteiger charge is 1.94. The average molecular weight is 171 g/mol. The molecular formula is C8H13NO3. The maximum absolute atomic E-state index is 4.97. The Morgan fingerprint density at radius 2 is 1.83 bits per heavy atom. The van der Waals surface area contributed by atoms with E-state index in [1.165, 1.54) is 12.7 Å². The van der Waals surface area contributed by atoms with Gasteiger partial charge < -0.3 is 13.9 Å². The van der Waals surface area contributed by atoms with Gasteiger partial charge in [0.25, 0.3) is 0 Å². The van der Waals surface area contributed by atoms with Gasteiger partial charge in [-0.15, -0.1) is 0 Å². The Morgan fingerprint density at radius 3 is 2.25 bits per heavy atom. The minimum absolute atomic E-state index is 0.500. The van der Waals surface area contributed by atoms with Crippen molar-refractivity contribution in [2.45, 2.75) is 12.8 Å². The van der Waals surface area contributed by atoms with Gasteiger partial charge in [0.1, 0.15) is 13.1 Å². The Bertz CT molecular complexity index is 128. The summed E-state index contributed by atoms with van der Waals surface area (Å²) in [5.41, 5.74) is 0. The topological polar surface area (TPSA) is 44.5 Å². The molecule has 1 aromatic rings. The molecule has 0 aliphatic carbocycles. The Labute approximate surface area is 71.5 Å². The van der Waals surface area contributed by atoms with Crippen molar-refractivity contribution in [1.29, 1.82) is 0 Å². The molecule has 1 aliphatic heterocycles. The van der Waals surface area contributed by atoms with E-state index in [0.29, 0.717) is 6.79 Å². The van der Waals surface area contributed by atoms with E-state index in [9.17, 15) is 0 Å². The first-order chi connectivity index (χ1) is 6.00. The van der Waals surface area contributed by atoms with E-state index in [1.54, 1.807) is 6.20 Å². The molecule has 1 aliphatic rings. The monoisotopic (exact) mass is 171 g/mol. The van der Waals surface area contributed by atoms with E-state index in [0.717, 1.165) is 26.1 Å². The van der Waals surface area contributed by atoms with E-state index in [1.807, 2.05) is 0 Å². The van der Waals surface area contributed by atoms with E-state index in [2.05, 4.69) is 9.40 Å². The van der Waals surface area contributed by atoms with Crippen LogP contribution in [0.25, 0.3) is 0 Å². The molecule has 2 heterocycles. The zero-order valence-electron chi connectivity index (χ0n) is 6.94. The molecule has 0 amide bonds. The van der Waals surface area contributed by atoms with Gasteiger partial charge >= 0.3 is 0 Å². The van der Waals surface area contributed by atoms with Crippen molar-refractivity contribution in [2.24, 2.45) is 0 Å². The summed E-state index contributed by atoms with van der Waals surface area (Å²) in [7, 11) is 0. The fourth-order valence-corrected chi connectivity index (χ4v) is 0.761. The molecule has 12 heavy (non-hydrogen) atoms. The molecule has 2 rings (SSSR count). The van der Waals surface area contributed by atoms with Gasteiger partial charge in [-0.05, 0) is 12.8 Å². The van der Waals surface area contributed by atoms with Gasteiger partial charge in [0.15, 0.2) is 6.39 Å². The van der Waals surface area contributed by atoms with Gasteiger partial charge in [-0.25, -0.2) is 4.98 Å². The standard InChI is InChI=1S/C5H10O2.C3H3NO/c1-2-4-7-5-6-3-1;1-2-5-3-4-1/h1-5H2;1-3H. The van der Waals surface area contributed by atoms with Crippen molar-refractivity contribution in [2.75, 3.05) is 20.0 Å². The second kappa shape index (κ2) is 6.82. The minimum atomic E-state index is 0.500. The largest absolute Gasteiger partial charge is 0.452 e. The third-order valence-electron chi connectivity index (χ3n) is 1.34. The summed E-state index contributed by atoms with van der Waals surface area (Å²) < 4.78 is 14.4. The molecule has 0 unspecified atom stereocenters. The number of aromatic nitrogens is 1. The third kappa shape index (κ3) is 4.87. The predicted molar refractivity (Wildman–Crippen MR) is 42.5 cm³/mol. The van der Waals surface area contributed by atoms with Gasteiger partial charge in [0, 0.05) is 13.2 Å². The van der Waals surface area contributed by atoms with Crippen LogP contribution < -0.4 is 0 Å². The molecule has 0 saturated carbocycles. The van der Waals surface area contributed by atoms with Crippen molar-refractivity contribution < 1.29 is 13.9 Å². The summed E-state index contributed by atoms with van der Waals surface area (Å²) >= 11 is 0. The molecule has 68 valence electrons. The van der Waals surface area contributed by atoms with Crippen LogP contribution >= 0.6 is 0 Å². The van der Waals surface area contributed by atoms with Crippen molar-refractivity contribution in [3.05, 3.63) is 18.9 Å². The minimum Gasteiger partial charge on any atom is -0.452 e. The predicted octanol–water partition coefficient (Wildman–Crippen LogP) is 1.45. The van der Waals surface area contributed by atoms with Gasteiger partial charge in [0.05, 0.1) is 6.20 Å². The lowest BCUT2D eigenvalue weighted by Gasteiger charge is -1.93. The fraction of sp³-hybridized carbons (Fsp3) is 0.625. The van der Waals surface area contributed by atoms with Crippen LogP contribution in [-0.4, -0.2) is 25.0 Å². The number of nitrogens with zero attached hydrogens (tertiary/aromatic N) is 1. The first-order valence-corrected chi connectivity index (χ1v) is 3.98. The van der Waals surface area contributed by atoms with Crippen LogP contribution in [0.3, 0.4) is 0 Å². The highest BCUT2D eigenvalue weighted by Crippen LogP contribution is 1.96. The van der Waals surface area contributed by atoms with Crippen LogP contribution in [0.1, 0.15) is 12.8 Å². The van der Waals surface area contributed by atoms with Gasteiger partial charge in [-0.1, -0.05) is 0 Å². The summed E-state index contributed by atoms with van der Waals surface area (Å²) in [5.74, 6) is 0. The SMILES string of the molecule is C1CCOCOC1.c1cocn1. The molecule has 0 atom stereocenters. The van der Waals surface area contributed by atoms with E-state index < -0.39 is 0 Å². The molecular weight excluding hydrogens is 158 g/mol. The van der Waals surface area contributed by atoms with E-state index in [-0.39, 0.29) is 0 Å². The lowest BCUT2D eigenvalue weighted by atomic mass is 10.3. The Morgan fingerprint density at radius 1 is 1.08 bits per heavy atom. The molecule has 1 aromatic heterocycles. The van der Waals surface area contributed by atoms with Crippen LogP contribution in [0, 0.1) is 0 Å². The zero-order chi connectivity index (χ0) is 8.49. The summed E-state index contributed by atoms with van der Waals surface area (Å²) in [6, 6.07) is 0. The quantitative estimate of drug-likeness (QED) is 0.592. The highest BCUT2D eigenvalue weighted by atomic mass is 16.7. The van der Waals surface area contributed by atoms with Gasteiger partial charge in [-0.2, -0.15) is 0 Å². The molecule has 4 nitrogen and oxygen atoms in total. The maximum atomic E-state index is 4.97. The summed E-state index contributed by atoms with van der Waals surface area (Å²) in [6.45, 7) is 2.25. The molecule has 4 heteroatoms. The number of hydrogen-bond acceptors (Lipinski definition) is 4. The van der Waals surface area contributed by atoms with Gasteiger partial charge in [0.2, 0.25) is 0 Å². The molecule has 0 radical (unpaired) electrons. The Balaban J connectivity index is 0.000000127. The maximum Gasteiger partial charge on any atom is 0.180 e. The lowest BCUT2D eigenvalue weighted by Crippen LogP contribution is -1.93. The van der Waals surface area contributed by atoms with Crippen LogP contribution in [0.4, 0.5) is 0 Å². The van der Waals surface area contributed by atoms with Gasteiger partial charge in [-0.3, -0.25) is 0 Å². The molecule has 1 saturated heterocycles. The number of oxazole rings is 1. The summed E-state index contributed by atoms with van der Waals surface area (Å²) in [5, 5.41) is 0. The zero-order valence-corrected chi connectivity index (χ0v) is 6.94. The average Bonchev–Trinajstić information content (AvgIpc) is 2.54. The number of ether oxygens (including phenoxy) is 2. The van der Waals surface area contributed by atoms with Crippen molar-refractivity contribution >= 4 is 0 Å². The van der Waals surface area contributed by atoms with E-state index in [4.69, 9.17) is 9.47 Å².